The normalized spacial score (nSPS) is 16.2. The summed E-state index contributed by atoms with van der Waals surface area (Å²) >= 11 is 0. The molecule has 9 nitrogen and oxygen atoms in total. The molecule has 2 aromatic heterocycles. The molecule has 0 spiro atoms. The Kier molecular flexibility index (Phi) is 6.66. The van der Waals surface area contributed by atoms with Gasteiger partial charge in [-0.25, -0.2) is 13.4 Å². The van der Waals surface area contributed by atoms with Crippen molar-refractivity contribution in [1.82, 2.24) is 24.2 Å². The quantitative estimate of drug-likeness (QED) is 0.565. The van der Waals surface area contributed by atoms with Crippen LogP contribution in [-0.2, 0) is 14.6 Å². The van der Waals surface area contributed by atoms with Crippen LogP contribution in [-0.4, -0.2) is 83.5 Å². The molecular weight excluding hydrogens is 440 g/mol. The highest BCUT2D eigenvalue weighted by atomic mass is 32.2. The first-order chi connectivity index (χ1) is 15.8. The van der Waals surface area contributed by atoms with Gasteiger partial charge in [0.1, 0.15) is 11.5 Å². The maximum Gasteiger partial charge on any atom is 0.242 e. The summed E-state index contributed by atoms with van der Waals surface area (Å²) in [5.74, 6) is 0.715. The van der Waals surface area contributed by atoms with Crippen LogP contribution in [0, 0.1) is 0 Å². The predicted octanol–water partition coefficient (Wildman–Crippen LogP) is 2.15. The highest BCUT2D eigenvalue weighted by molar-refractivity contribution is 7.90. The maximum absolute atomic E-state index is 12.9. The largest absolute Gasteiger partial charge is 0.360 e. The third-order valence-electron chi connectivity index (χ3n) is 6.27. The van der Waals surface area contributed by atoms with Crippen LogP contribution in [0.2, 0.25) is 0 Å². The molecule has 0 radical (unpaired) electrons. The standard InChI is InChI=1S/C23H30N6O3S/c1-4-17(2)27-11-13-28(14-12-27)21(30)16-25-23-22(26-20-15-24-9-10-29(20)23)18-5-7-19(8-6-18)33(3,31)32/h5-10,15,17,25H,4,11-14,16H2,1-3H3. The maximum atomic E-state index is 12.9. The molecule has 1 N–H and O–H groups in total. The number of benzene rings is 1. The average molecular weight is 471 g/mol. The lowest BCUT2D eigenvalue weighted by molar-refractivity contribution is -0.131. The number of rotatable bonds is 7. The lowest BCUT2D eigenvalue weighted by atomic mass is 10.1. The van der Waals surface area contributed by atoms with Gasteiger partial charge in [0, 0.05) is 56.4 Å². The van der Waals surface area contributed by atoms with Crippen molar-refractivity contribution in [2.75, 3.05) is 44.3 Å². The van der Waals surface area contributed by atoms with Crippen LogP contribution >= 0.6 is 0 Å². The Labute approximate surface area is 194 Å². The fourth-order valence-corrected chi connectivity index (χ4v) is 4.71. The summed E-state index contributed by atoms with van der Waals surface area (Å²) in [6, 6.07) is 7.13. The Morgan fingerprint density at radius 3 is 2.48 bits per heavy atom. The molecule has 33 heavy (non-hydrogen) atoms. The van der Waals surface area contributed by atoms with Gasteiger partial charge in [-0.15, -0.1) is 0 Å². The number of imidazole rings is 1. The monoisotopic (exact) mass is 470 g/mol. The number of hydrogen-bond donors (Lipinski definition) is 1. The van der Waals surface area contributed by atoms with Crippen molar-refractivity contribution in [1.29, 1.82) is 0 Å². The molecule has 176 valence electrons. The molecule has 1 saturated heterocycles. The van der Waals surface area contributed by atoms with Crippen molar-refractivity contribution in [3.05, 3.63) is 42.9 Å². The zero-order chi connectivity index (χ0) is 23.6. The van der Waals surface area contributed by atoms with Crippen molar-refractivity contribution in [3.63, 3.8) is 0 Å². The van der Waals surface area contributed by atoms with Crippen LogP contribution in [0.15, 0.2) is 47.8 Å². The van der Waals surface area contributed by atoms with Crippen LogP contribution in [0.5, 0.6) is 0 Å². The van der Waals surface area contributed by atoms with E-state index in [4.69, 9.17) is 0 Å². The number of aromatic nitrogens is 3. The SMILES string of the molecule is CCC(C)N1CCN(C(=O)CNc2c(-c3ccc(S(C)(=O)=O)cc3)nc3cnccn23)CC1. The summed E-state index contributed by atoms with van der Waals surface area (Å²) in [4.78, 5) is 26.3. The predicted molar refractivity (Wildman–Crippen MR) is 128 cm³/mol. The first-order valence-electron chi connectivity index (χ1n) is 11.2. The molecule has 3 heterocycles. The van der Waals surface area contributed by atoms with E-state index >= 15 is 0 Å². The Balaban J connectivity index is 1.53. The Morgan fingerprint density at radius 2 is 1.85 bits per heavy atom. The number of anilines is 1. The second-order valence-electron chi connectivity index (χ2n) is 8.44. The number of piperazine rings is 1. The first kappa shape index (κ1) is 23.2. The Hall–Kier alpha value is -2.98. The minimum atomic E-state index is -3.29. The van der Waals surface area contributed by atoms with Crippen molar-refractivity contribution in [2.24, 2.45) is 0 Å². The van der Waals surface area contributed by atoms with Crippen molar-refractivity contribution in [2.45, 2.75) is 31.2 Å². The molecule has 0 aliphatic carbocycles. The van der Waals surface area contributed by atoms with E-state index in [-0.39, 0.29) is 17.3 Å². The summed E-state index contributed by atoms with van der Waals surface area (Å²) in [6.07, 6.45) is 7.38. The number of sulfone groups is 1. The van der Waals surface area contributed by atoms with Gasteiger partial charge in [0.05, 0.1) is 17.6 Å². The van der Waals surface area contributed by atoms with Gasteiger partial charge >= 0.3 is 0 Å². The molecular formula is C23H30N6O3S. The van der Waals surface area contributed by atoms with E-state index < -0.39 is 9.84 Å². The first-order valence-corrected chi connectivity index (χ1v) is 13.1. The van der Waals surface area contributed by atoms with Crippen LogP contribution in [0.3, 0.4) is 0 Å². The zero-order valence-corrected chi connectivity index (χ0v) is 20.0. The minimum absolute atomic E-state index is 0.0428. The highest BCUT2D eigenvalue weighted by Crippen LogP contribution is 2.29. The van der Waals surface area contributed by atoms with E-state index in [0.29, 0.717) is 23.2 Å². The summed E-state index contributed by atoms with van der Waals surface area (Å²) < 4.78 is 25.5. The number of hydrogen-bond acceptors (Lipinski definition) is 7. The molecule has 3 aromatic rings. The number of fused-ring (bicyclic) bond motifs is 1. The van der Waals surface area contributed by atoms with Gasteiger partial charge in [0.2, 0.25) is 5.91 Å². The van der Waals surface area contributed by atoms with Gasteiger partial charge < -0.3 is 10.2 Å². The molecule has 1 aromatic carbocycles. The molecule has 0 bridgehead atoms. The van der Waals surface area contributed by atoms with Crippen LogP contribution in [0.25, 0.3) is 16.9 Å². The molecule has 1 aliphatic rings. The molecule has 4 rings (SSSR count). The van der Waals surface area contributed by atoms with E-state index in [0.717, 1.165) is 38.2 Å². The molecule has 1 amide bonds. The van der Waals surface area contributed by atoms with Gasteiger partial charge in [0.25, 0.3) is 0 Å². The minimum Gasteiger partial charge on any atom is -0.360 e. The van der Waals surface area contributed by atoms with Crippen LogP contribution < -0.4 is 5.32 Å². The lowest BCUT2D eigenvalue weighted by Gasteiger charge is -2.37. The summed E-state index contributed by atoms with van der Waals surface area (Å²) in [7, 11) is -3.29. The molecule has 1 fully saturated rings. The fraction of sp³-hybridized carbons (Fsp3) is 0.435. The second-order valence-corrected chi connectivity index (χ2v) is 10.5. The summed E-state index contributed by atoms with van der Waals surface area (Å²) in [5, 5.41) is 3.27. The van der Waals surface area contributed by atoms with Gasteiger partial charge in [-0.05, 0) is 25.5 Å². The Morgan fingerprint density at radius 1 is 1.15 bits per heavy atom. The number of carbonyl (C=O) groups is 1. The van der Waals surface area contributed by atoms with Gasteiger partial charge in [0.15, 0.2) is 15.5 Å². The third-order valence-corrected chi connectivity index (χ3v) is 7.40. The van der Waals surface area contributed by atoms with E-state index in [9.17, 15) is 13.2 Å². The van der Waals surface area contributed by atoms with Crippen molar-refractivity contribution >= 4 is 27.2 Å². The van der Waals surface area contributed by atoms with Gasteiger partial charge in [-0.1, -0.05) is 19.1 Å². The summed E-state index contributed by atoms with van der Waals surface area (Å²) in [5.41, 5.74) is 2.03. The highest BCUT2D eigenvalue weighted by Gasteiger charge is 2.24. The van der Waals surface area contributed by atoms with Crippen LogP contribution in [0.1, 0.15) is 20.3 Å². The molecule has 1 atom stereocenters. The topological polar surface area (TPSA) is 99.9 Å². The van der Waals surface area contributed by atoms with Gasteiger partial charge in [-0.3, -0.25) is 19.1 Å². The molecule has 1 unspecified atom stereocenters. The third kappa shape index (κ3) is 5.01. The average Bonchev–Trinajstić information content (AvgIpc) is 3.20. The number of nitrogens with one attached hydrogen (secondary N) is 1. The van der Waals surface area contributed by atoms with Crippen LogP contribution in [0.4, 0.5) is 5.82 Å². The summed E-state index contributed by atoms with van der Waals surface area (Å²) in [6.45, 7) is 7.78. The molecule has 0 saturated carbocycles. The smallest absolute Gasteiger partial charge is 0.242 e. The Bertz CT molecular complexity index is 1230. The fourth-order valence-electron chi connectivity index (χ4n) is 4.08. The number of nitrogens with zero attached hydrogens (tertiary/aromatic N) is 5. The van der Waals surface area contributed by atoms with Crippen molar-refractivity contribution < 1.29 is 13.2 Å². The van der Waals surface area contributed by atoms with Crippen molar-refractivity contribution in [3.8, 4) is 11.3 Å². The second kappa shape index (κ2) is 9.48. The zero-order valence-electron chi connectivity index (χ0n) is 19.2. The van der Waals surface area contributed by atoms with Gasteiger partial charge in [-0.2, -0.15) is 0 Å². The lowest BCUT2D eigenvalue weighted by Crippen LogP contribution is -2.52. The van der Waals surface area contributed by atoms with E-state index in [1.807, 2.05) is 9.30 Å². The number of amides is 1. The van der Waals surface area contributed by atoms with E-state index in [1.54, 1.807) is 42.9 Å². The van der Waals surface area contributed by atoms with E-state index in [2.05, 4.69) is 34.0 Å². The van der Waals surface area contributed by atoms with E-state index in [1.165, 1.54) is 6.26 Å². The number of carbonyl (C=O) groups excluding carboxylic acids is 1. The molecule has 10 heteroatoms. The molecule has 1 aliphatic heterocycles.